The summed E-state index contributed by atoms with van der Waals surface area (Å²) in [6, 6.07) is 5.37. The van der Waals surface area contributed by atoms with Crippen LogP contribution in [0.15, 0.2) is 40.9 Å². The van der Waals surface area contributed by atoms with E-state index in [2.05, 4.69) is 4.99 Å². The minimum absolute atomic E-state index is 0.101. The number of benzene rings is 1. The molecule has 0 heterocycles. The van der Waals surface area contributed by atoms with E-state index in [9.17, 15) is 13.6 Å². The zero-order valence-electron chi connectivity index (χ0n) is 10.6. The summed E-state index contributed by atoms with van der Waals surface area (Å²) < 4.78 is 26.0. The second kappa shape index (κ2) is 5.67. The lowest BCUT2D eigenvalue weighted by atomic mass is 10.0. The van der Waals surface area contributed by atoms with E-state index in [4.69, 9.17) is 0 Å². The maximum absolute atomic E-state index is 13.0. The van der Waals surface area contributed by atoms with Crippen LogP contribution in [-0.4, -0.2) is 19.0 Å². The summed E-state index contributed by atoms with van der Waals surface area (Å²) >= 11 is 0. The molecule has 18 heavy (non-hydrogen) atoms. The zero-order valence-corrected chi connectivity index (χ0v) is 10.6. The fourth-order valence-electron chi connectivity index (χ4n) is 1.40. The van der Waals surface area contributed by atoms with E-state index < -0.39 is 5.92 Å². The maximum Gasteiger partial charge on any atom is 0.270 e. The number of allylic oxidation sites excluding steroid dienone is 2. The highest BCUT2D eigenvalue weighted by atomic mass is 19.3. The van der Waals surface area contributed by atoms with E-state index in [-0.39, 0.29) is 11.3 Å². The highest BCUT2D eigenvalue weighted by molar-refractivity contribution is 6.10. The molecule has 0 aromatic heterocycles. The summed E-state index contributed by atoms with van der Waals surface area (Å²) in [5, 5.41) is 0. The lowest BCUT2D eigenvalue weighted by Gasteiger charge is -2.10. The molecule has 0 fully saturated rings. The molecule has 0 unspecified atom stereocenters. The van der Waals surface area contributed by atoms with Gasteiger partial charge in [-0.25, -0.2) is 8.78 Å². The molecule has 1 rings (SSSR count). The van der Waals surface area contributed by atoms with Crippen LogP contribution < -0.4 is 0 Å². The van der Waals surface area contributed by atoms with Crippen LogP contribution >= 0.6 is 0 Å². The number of carbonyl (C=O) groups excluding carboxylic acids is 1. The third-order valence-corrected chi connectivity index (χ3v) is 2.49. The Morgan fingerprint density at radius 2 is 1.83 bits per heavy atom. The topological polar surface area (TPSA) is 29.4 Å². The van der Waals surface area contributed by atoms with Crippen LogP contribution in [-0.2, 0) is 5.92 Å². The average Bonchev–Trinajstić information content (AvgIpc) is 2.34. The Bertz CT molecular complexity index is 482. The van der Waals surface area contributed by atoms with Gasteiger partial charge in [0.25, 0.3) is 5.92 Å². The van der Waals surface area contributed by atoms with Crippen molar-refractivity contribution in [2.45, 2.75) is 19.8 Å². The number of rotatable bonds is 4. The Kier molecular flexibility index (Phi) is 4.48. The van der Waals surface area contributed by atoms with Crippen LogP contribution in [0.3, 0.4) is 0 Å². The molecule has 0 radical (unpaired) electrons. The first-order chi connectivity index (χ1) is 8.36. The van der Waals surface area contributed by atoms with Crippen molar-refractivity contribution in [3.05, 3.63) is 47.0 Å². The Balaban J connectivity index is 2.96. The number of nitrogens with zero attached hydrogens (tertiary/aromatic N) is 1. The molecule has 0 spiro atoms. The summed E-state index contributed by atoms with van der Waals surface area (Å²) in [4.78, 5) is 15.6. The van der Waals surface area contributed by atoms with E-state index in [0.29, 0.717) is 11.1 Å². The number of ketones is 1. The SMILES string of the molecule is CN=C/C=C(\C)C(=O)c1ccc(C(C)(F)F)cc1. The van der Waals surface area contributed by atoms with Crippen molar-refractivity contribution in [3.63, 3.8) is 0 Å². The van der Waals surface area contributed by atoms with Gasteiger partial charge >= 0.3 is 0 Å². The monoisotopic (exact) mass is 251 g/mol. The van der Waals surface area contributed by atoms with Crippen molar-refractivity contribution in [2.75, 3.05) is 7.05 Å². The first kappa shape index (κ1) is 14.2. The second-order valence-electron chi connectivity index (χ2n) is 4.05. The first-order valence-electron chi connectivity index (χ1n) is 5.48. The van der Waals surface area contributed by atoms with E-state index in [1.807, 2.05) is 0 Å². The van der Waals surface area contributed by atoms with Crippen molar-refractivity contribution in [1.82, 2.24) is 0 Å². The highest BCUT2D eigenvalue weighted by Crippen LogP contribution is 2.27. The quantitative estimate of drug-likeness (QED) is 0.456. The van der Waals surface area contributed by atoms with Crippen molar-refractivity contribution < 1.29 is 13.6 Å². The van der Waals surface area contributed by atoms with Gasteiger partial charge in [-0.1, -0.05) is 24.3 Å². The Hall–Kier alpha value is -1.84. The highest BCUT2D eigenvalue weighted by Gasteiger charge is 2.24. The van der Waals surface area contributed by atoms with Gasteiger partial charge in [0.1, 0.15) is 0 Å². The van der Waals surface area contributed by atoms with E-state index in [0.717, 1.165) is 6.92 Å². The number of Topliss-reactive ketones (excluding diaryl/α,β-unsaturated/α-hetero) is 1. The minimum Gasteiger partial charge on any atom is -0.297 e. The fourth-order valence-corrected chi connectivity index (χ4v) is 1.40. The van der Waals surface area contributed by atoms with Gasteiger partial charge < -0.3 is 0 Å². The molecule has 1 aromatic carbocycles. The van der Waals surface area contributed by atoms with Gasteiger partial charge in [-0.15, -0.1) is 0 Å². The third kappa shape index (κ3) is 3.58. The summed E-state index contributed by atoms with van der Waals surface area (Å²) in [6.45, 7) is 2.49. The van der Waals surface area contributed by atoms with Crippen LogP contribution in [0.25, 0.3) is 0 Å². The van der Waals surface area contributed by atoms with Crippen molar-refractivity contribution in [2.24, 2.45) is 4.99 Å². The molecule has 0 aliphatic heterocycles. The summed E-state index contributed by atoms with van der Waals surface area (Å²) in [5.41, 5.74) is 0.800. The van der Waals surface area contributed by atoms with Crippen molar-refractivity contribution >= 4 is 12.0 Å². The second-order valence-corrected chi connectivity index (χ2v) is 4.05. The Labute approximate surface area is 105 Å². The molecule has 0 aliphatic carbocycles. The van der Waals surface area contributed by atoms with Crippen LogP contribution in [0.4, 0.5) is 8.78 Å². The molecule has 0 atom stereocenters. The zero-order chi connectivity index (χ0) is 13.8. The van der Waals surface area contributed by atoms with E-state index >= 15 is 0 Å². The van der Waals surface area contributed by atoms with E-state index in [1.165, 1.54) is 30.5 Å². The minimum atomic E-state index is -2.89. The average molecular weight is 251 g/mol. The molecule has 0 amide bonds. The Morgan fingerprint density at radius 3 is 2.28 bits per heavy atom. The van der Waals surface area contributed by atoms with Gasteiger partial charge in [-0.3, -0.25) is 9.79 Å². The summed E-state index contributed by atoms with van der Waals surface area (Å²) in [5.74, 6) is -3.08. The van der Waals surface area contributed by atoms with Gasteiger partial charge in [-0.2, -0.15) is 0 Å². The van der Waals surface area contributed by atoms with Gasteiger partial charge in [0.05, 0.1) is 0 Å². The number of halogens is 2. The Morgan fingerprint density at radius 1 is 1.28 bits per heavy atom. The molecule has 0 bridgehead atoms. The lowest BCUT2D eigenvalue weighted by Crippen LogP contribution is -2.08. The molecule has 0 N–H and O–H groups in total. The molecule has 96 valence electrons. The van der Waals surface area contributed by atoms with Crippen molar-refractivity contribution in [3.8, 4) is 0 Å². The summed E-state index contributed by atoms with van der Waals surface area (Å²) in [6.07, 6.45) is 3.10. The normalized spacial score (nSPS) is 13.1. The predicted octanol–water partition coefficient (Wildman–Crippen LogP) is 3.63. The van der Waals surface area contributed by atoms with Crippen LogP contribution in [0, 0.1) is 0 Å². The molecule has 0 saturated carbocycles. The molecule has 2 nitrogen and oxygen atoms in total. The van der Waals surface area contributed by atoms with Crippen LogP contribution in [0.2, 0.25) is 0 Å². The number of hydrogen-bond donors (Lipinski definition) is 0. The van der Waals surface area contributed by atoms with Gasteiger partial charge in [-0.05, 0) is 18.6 Å². The molecular formula is C14H15F2NO. The van der Waals surface area contributed by atoms with Gasteiger partial charge in [0, 0.05) is 31.3 Å². The summed E-state index contributed by atoms with van der Waals surface area (Å²) in [7, 11) is 1.60. The third-order valence-electron chi connectivity index (χ3n) is 2.49. The van der Waals surface area contributed by atoms with Gasteiger partial charge in [0.2, 0.25) is 0 Å². The van der Waals surface area contributed by atoms with Crippen LogP contribution in [0.5, 0.6) is 0 Å². The molecule has 4 heteroatoms. The molecule has 1 aromatic rings. The number of hydrogen-bond acceptors (Lipinski definition) is 2. The molecule has 0 aliphatic rings. The van der Waals surface area contributed by atoms with Gasteiger partial charge in [0.15, 0.2) is 5.78 Å². The molecular weight excluding hydrogens is 236 g/mol. The lowest BCUT2D eigenvalue weighted by molar-refractivity contribution is 0.0174. The number of aliphatic imine (C=N–C) groups is 1. The maximum atomic E-state index is 13.0. The predicted molar refractivity (Wildman–Crippen MR) is 68.5 cm³/mol. The number of alkyl halides is 2. The standard InChI is InChI=1S/C14H15F2NO/c1-10(8-9-17-3)13(18)11-4-6-12(7-5-11)14(2,15)16/h4-9H,1-3H3/b10-8+,17-9?. The number of carbonyl (C=O) groups is 1. The van der Waals surface area contributed by atoms with Crippen LogP contribution in [0.1, 0.15) is 29.8 Å². The largest absolute Gasteiger partial charge is 0.297 e. The first-order valence-corrected chi connectivity index (χ1v) is 5.48. The smallest absolute Gasteiger partial charge is 0.270 e. The fraction of sp³-hybridized carbons (Fsp3) is 0.286. The van der Waals surface area contributed by atoms with E-state index in [1.54, 1.807) is 20.0 Å². The molecule has 0 saturated heterocycles. The van der Waals surface area contributed by atoms with Crippen molar-refractivity contribution in [1.29, 1.82) is 0 Å².